The van der Waals surface area contributed by atoms with Gasteiger partial charge in [0, 0.05) is 10.8 Å². The largest absolute Gasteiger partial charge is 0.480 e. The smallest absolute Gasteiger partial charge is 0.324 e. The molecule has 0 aromatic rings. The Kier molecular flexibility index (Phi) is 5.04. The molecule has 0 aliphatic carbocycles. The van der Waals surface area contributed by atoms with Crippen LogP contribution in [0.25, 0.3) is 0 Å². The molecule has 1 unspecified atom stereocenters. The molecule has 0 bridgehead atoms. The molecule has 1 heterocycles. The highest BCUT2D eigenvalue weighted by Gasteiger charge is 2.32. The number of esters is 1. The molecule has 1 rings (SSSR count). The SMILES string of the molecule is CCOC(=O)C(C(=O)O)C1=CSCSC1. The van der Waals surface area contributed by atoms with Crippen LogP contribution in [0.3, 0.4) is 0 Å². The number of carboxylic acids is 1. The maximum absolute atomic E-state index is 11.4. The number of carboxylic acid groups (broad SMARTS) is 1. The van der Waals surface area contributed by atoms with Crippen molar-refractivity contribution in [3.05, 3.63) is 11.0 Å². The fourth-order valence-electron chi connectivity index (χ4n) is 1.17. The molecule has 0 aromatic heterocycles. The van der Waals surface area contributed by atoms with Crippen LogP contribution in [0.1, 0.15) is 6.92 Å². The molecule has 1 aliphatic heterocycles. The summed E-state index contributed by atoms with van der Waals surface area (Å²) in [4.78, 5) is 22.4. The van der Waals surface area contributed by atoms with Gasteiger partial charge in [-0.2, -0.15) is 0 Å². The summed E-state index contributed by atoms with van der Waals surface area (Å²) >= 11 is 3.12. The second-order valence-corrected chi connectivity index (χ2v) is 5.06. The minimum Gasteiger partial charge on any atom is -0.480 e. The van der Waals surface area contributed by atoms with E-state index in [-0.39, 0.29) is 6.61 Å². The van der Waals surface area contributed by atoms with Crippen LogP contribution in [-0.4, -0.2) is 34.5 Å². The Morgan fingerprint density at radius 3 is 2.87 bits per heavy atom. The Morgan fingerprint density at radius 2 is 2.40 bits per heavy atom. The lowest BCUT2D eigenvalue weighted by Crippen LogP contribution is -2.29. The number of thioether (sulfide) groups is 2. The van der Waals surface area contributed by atoms with Crippen molar-refractivity contribution in [2.24, 2.45) is 5.92 Å². The van der Waals surface area contributed by atoms with Crippen molar-refractivity contribution in [1.29, 1.82) is 0 Å². The number of rotatable bonds is 4. The van der Waals surface area contributed by atoms with E-state index in [1.54, 1.807) is 24.1 Å². The van der Waals surface area contributed by atoms with Crippen LogP contribution >= 0.6 is 23.5 Å². The van der Waals surface area contributed by atoms with E-state index in [4.69, 9.17) is 9.84 Å². The summed E-state index contributed by atoms with van der Waals surface area (Å²) in [6, 6.07) is 0. The number of hydrogen-bond acceptors (Lipinski definition) is 5. The molecular formula is C9H12O4S2. The Labute approximate surface area is 96.4 Å². The molecule has 0 fully saturated rings. The van der Waals surface area contributed by atoms with Gasteiger partial charge in [0.05, 0.1) is 6.61 Å². The highest BCUT2D eigenvalue weighted by atomic mass is 32.2. The monoisotopic (exact) mass is 248 g/mol. The lowest BCUT2D eigenvalue weighted by atomic mass is 10.0. The average molecular weight is 248 g/mol. The second kappa shape index (κ2) is 6.07. The van der Waals surface area contributed by atoms with E-state index in [1.165, 1.54) is 11.8 Å². The van der Waals surface area contributed by atoms with E-state index >= 15 is 0 Å². The van der Waals surface area contributed by atoms with E-state index in [1.807, 2.05) is 0 Å². The van der Waals surface area contributed by atoms with Crippen LogP contribution in [0.4, 0.5) is 0 Å². The molecule has 15 heavy (non-hydrogen) atoms. The summed E-state index contributed by atoms with van der Waals surface area (Å²) < 4.78 is 4.74. The van der Waals surface area contributed by atoms with E-state index < -0.39 is 17.9 Å². The first-order chi connectivity index (χ1) is 7.16. The van der Waals surface area contributed by atoms with E-state index in [2.05, 4.69) is 0 Å². The van der Waals surface area contributed by atoms with Crippen molar-refractivity contribution >= 4 is 35.5 Å². The number of ether oxygens (including phenoxy) is 1. The molecule has 0 saturated carbocycles. The summed E-state index contributed by atoms with van der Waals surface area (Å²) in [5.41, 5.74) is 0.627. The Balaban J connectivity index is 2.77. The van der Waals surface area contributed by atoms with Gasteiger partial charge in [-0.3, -0.25) is 9.59 Å². The molecule has 1 atom stereocenters. The normalized spacial score (nSPS) is 17.8. The molecule has 0 aromatic carbocycles. The first-order valence-electron chi connectivity index (χ1n) is 4.44. The van der Waals surface area contributed by atoms with Crippen molar-refractivity contribution in [3.63, 3.8) is 0 Å². The van der Waals surface area contributed by atoms with Gasteiger partial charge in [-0.05, 0) is 17.9 Å². The summed E-state index contributed by atoms with van der Waals surface area (Å²) in [6.07, 6.45) is 0. The highest BCUT2D eigenvalue weighted by Crippen LogP contribution is 2.29. The van der Waals surface area contributed by atoms with Gasteiger partial charge >= 0.3 is 11.9 Å². The van der Waals surface area contributed by atoms with Crippen molar-refractivity contribution in [3.8, 4) is 0 Å². The fraction of sp³-hybridized carbons (Fsp3) is 0.556. The summed E-state index contributed by atoms with van der Waals surface area (Å²) in [5.74, 6) is -2.35. The van der Waals surface area contributed by atoms with Gasteiger partial charge in [0.1, 0.15) is 0 Å². The van der Waals surface area contributed by atoms with Crippen molar-refractivity contribution in [1.82, 2.24) is 0 Å². The Hall–Kier alpha value is -0.620. The quantitative estimate of drug-likeness (QED) is 0.602. The Bertz CT molecular complexity index is 288. The zero-order valence-electron chi connectivity index (χ0n) is 8.26. The van der Waals surface area contributed by atoms with Gasteiger partial charge in [0.25, 0.3) is 0 Å². The molecule has 0 radical (unpaired) electrons. The average Bonchev–Trinajstić information content (AvgIpc) is 2.19. The molecule has 6 heteroatoms. The molecule has 0 amide bonds. The molecule has 1 aliphatic rings. The van der Waals surface area contributed by atoms with Gasteiger partial charge in [-0.1, -0.05) is 0 Å². The van der Waals surface area contributed by atoms with Crippen molar-refractivity contribution < 1.29 is 19.4 Å². The van der Waals surface area contributed by atoms with Gasteiger partial charge < -0.3 is 9.84 Å². The standard InChI is InChI=1S/C9H12O4S2/c1-2-13-9(12)7(8(10)11)6-3-14-5-15-4-6/h3,7H,2,4-5H2,1H3,(H,10,11). The van der Waals surface area contributed by atoms with Crippen LogP contribution in [0.2, 0.25) is 0 Å². The van der Waals surface area contributed by atoms with Crippen molar-refractivity contribution in [2.45, 2.75) is 6.92 Å². The minimum atomic E-state index is -1.14. The van der Waals surface area contributed by atoms with Crippen LogP contribution in [-0.2, 0) is 14.3 Å². The molecule has 0 spiro atoms. The van der Waals surface area contributed by atoms with Gasteiger partial charge in [0.2, 0.25) is 0 Å². The lowest BCUT2D eigenvalue weighted by Gasteiger charge is -2.17. The zero-order valence-corrected chi connectivity index (χ0v) is 9.90. The van der Waals surface area contributed by atoms with Gasteiger partial charge in [-0.15, -0.1) is 23.5 Å². The van der Waals surface area contributed by atoms with Crippen molar-refractivity contribution in [2.75, 3.05) is 17.4 Å². The summed E-state index contributed by atoms with van der Waals surface area (Å²) in [6.45, 7) is 1.87. The predicted octanol–water partition coefficient (Wildman–Crippen LogP) is 1.57. The summed E-state index contributed by atoms with van der Waals surface area (Å²) in [5, 5.41) is 11.6. The van der Waals surface area contributed by atoms with E-state index in [0.717, 1.165) is 5.08 Å². The Morgan fingerprint density at radius 1 is 1.67 bits per heavy atom. The highest BCUT2D eigenvalue weighted by molar-refractivity contribution is 8.18. The minimum absolute atomic E-state index is 0.205. The third-order valence-electron chi connectivity index (χ3n) is 1.79. The van der Waals surface area contributed by atoms with Crippen LogP contribution in [0, 0.1) is 5.92 Å². The molecule has 4 nitrogen and oxygen atoms in total. The number of aliphatic carboxylic acids is 1. The van der Waals surface area contributed by atoms with E-state index in [9.17, 15) is 9.59 Å². The summed E-state index contributed by atoms with van der Waals surface area (Å²) in [7, 11) is 0. The molecule has 84 valence electrons. The third-order valence-corrected chi connectivity index (χ3v) is 4.01. The van der Waals surface area contributed by atoms with Crippen LogP contribution in [0.5, 0.6) is 0 Å². The first-order valence-corrected chi connectivity index (χ1v) is 6.65. The third kappa shape index (κ3) is 3.46. The fourth-order valence-corrected chi connectivity index (χ4v) is 3.19. The van der Waals surface area contributed by atoms with Crippen LogP contribution < -0.4 is 0 Å². The van der Waals surface area contributed by atoms with Crippen LogP contribution in [0.15, 0.2) is 11.0 Å². The lowest BCUT2D eigenvalue weighted by molar-refractivity contribution is -0.156. The molecule has 1 N–H and O–H groups in total. The van der Waals surface area contributed by atoms with Gasteiger partial charge in [-0.25, -0.2) is 0 Å². The molecule has 0 saturated heterocycles. The second-order valence-electron chi connectivity index (χ2n) is 2.85. The first kappa shape index (κ1) is 12.4. The maximum Gasteiger partial charge on any atom is 0.324 e. The van der Waals surface area contributed by atoms with Gasteiger partial charge in [0.15, 0.2) is 5.92 Å². The number of hydrogen-bond donors (Lipinski definition) is 1. The maximum atomic E-state index is 11.4. The topological polar surface area (TPSA) is 63.6 Å². The zero-order chi connectivity index (χ0) is 11.3. The number of carbonyl (C=O) groups excluding carboxylic acids is 1. The number of carbonyl (C=O) groups is 2. The molecular weight excluding hydrogens is 236 g/mol. The predicted molar refractivity (Wildman–Crippen MR) is 60.8 cm³/mol. The van der Waals surface area contributed by atoms with E-state index in [0.29, 0.717) is 11.3 Å².